The van der Waals surface area contributed by atoms with E-state index in [-0.39, 0.29) is 0 Å². The number of carbonyl (C=O) groups is 1. The summed E-state index contributed by atoms with van der Waals surface area (Å²) in [6, 6.07) is 0. The number of methoxy groups -OCH3 is 1. The smallest absolute Gasteiger partial charge is 0.503 e. The highest BCUT2D eigenvalue weighted by Crippen LogP contribution is 2.40. The zero-order valence-electron chi connectivity index (χ0n) is 9.09. The Hall–Kier alpha value is -2.59. The van der Waals surface area contributed by atoms with Crippen molar-refractivity contribution in [3.8, 4) is 11.5 Å². The van der Waals surface area contributed by atoms with Crippen LogP contribution < -0.4 is 4.74 Å². The van der Waals surface area contributed by atoms with Crippen LogP contribution in [0.15, 0.2) is 6.20 Å². The van der Waals surface area contributed by atoms with Crippen molar-refractivity contribution in [1.82, 2.24) is 4.98 Å². The number of alkyl halides is 3. The average molecular weight is 282 g/mol. The van der Waals surface area contributed by atoms with Gasteiger partial charge in [-0.05, 0) is 0 Å². The number of nitro groups is 1. The molecule has 1 aromatic heterocycles. The minimum Gasteiger partial charge on any atom is -0.503 e. The number of esters is 1. The summed E-state index contributed by atoms with van der Waals surface area (Å²) in [7, 11) is 0.852. The van der Waals surface area contributed by atoms with E-state index in [4.69, 9.17) is 5.11 Å². The van der Waals surface area contributed by atoms with Gasteiger partial charge in [-0.25, -0.2) is 9.78 Å². The Bertz CT molecular complexity index is 530. The second-order valence-electron chi connectivity index (χ2n) is 2.97. The molecule has 0 radical (unpaired) electrons. The number of aromatic nitrogens is 1. The van der Waals surface area contributed by atoms with Crippen molar-refractivity contribution in [3.63, 3.8) is 0 Å². The Kier molecular flexibility index (Phi) is 3.77. The zero-order chi connectivity index (χ0) is 14.8. The first kappa shape index (κ1) is 14.5. The summed E-state index contributed by atoms with van der Waals surface area (Å²) in [6.45, 7) is 0. The first-order valence-electron chi connectivity index (χ1n) is 4.37. The van der Waals surface area contributed by atoms with Gasteiger partial charge in [-0.3, -0.25) is 10.1 Å². The molecule has 1 aromatic rings. The summed E-state index contributed by atoms with van der Waals surface area (Å²) in [4.78, 5) is 23.7. The molecule has 0 unspecified atom stereocenters. The van der Waals surface area contributed by atoms with Crippen molar-refractivity contribution in [2.45, 2.75) is 6.36 Å². The first-order chi connectivity index (χ1) is 8.67. The molecular weight excluding hydrogens is 277 g/mol. The topological polar surface area (TPSA) is 112 Å². The fourth-order valence-corrected chi connectivity index (χ4v) is 1.11. The van der Waals surface area contributed by atoms with Crippen LogP contribution in [0.3, 0.4) is 0 Å². The van der Waals surface area contributed by atoms with Crippen LogP contribution in [0.4, 0.5) is 18.9 Å². The first-order valence-corrected chi connectivity index (χ1v) is 4.37. The van der Waals surface area contributed by atoms with Crippen LogP contribution in [-0.4, -0.2) is 34.5 Å². The van der Waals surface area contributed by atoms with Gasteiger partial charge in [0, 0.05) is 0 Å². The van der Waals surface area contributed by atoms with Crippen molar-refractivity contribution < 1.29 is 37.5 Å². The van der Waals surface area contributed by atoms with E-state index >= 15 is 0 Å². The third-order valence-corrected chi connectivity index (χ3v) is 1.77. The van der Waals surface area contributed by atoms with Gasteiger partial charge in [0.25, 0.3) is 5.75 Å². The van der Waals surface area contributed by atoms with E-state index in [0.29, 0.717) is 6.20 Å². The van der Waals surface area contributed by atoms with Crippen LogP contribution in [-0.2, 0) is 4.74 Å². The van der Waals surface area contributed by atoms with Crippen LogP contribution in [0.1, 0.15) is 10.5 Å². The molecule has 11 heteroatoms. The van der Waals surface area contributed by atoms with E-state index in [2.05, 4.69) is 14.5 Å². The lowest BCUT2D eigenvalue weighted by Gasteiger charge is -2.11. The molecule has 8 nitrogen and oxygen atoms in total. The fraction of sp³-hybridized carbons (Fsp3) is 0.250. The molecule has 0 amide bonds. The lowest BCUT2D eigenvalue weighted by molar-refractivity contribution is -0.389. The van der Waals surface area contributed by atoms with E-state index in [1.165, 1.54) is 0 Å². The summed E-state index contributed by atoms with van der Waals surface area (Å²) in [5.74, 6) is -4.12. The third kappa shape index (κ3) is 3.20. The van der Waals surface area contributed by atoms with Gasteiger partial charge in [0.05, 0.1) is 18.2 Å². The molecule has 104 valence electrons. The van der Waals surface area contributed by atoms with Gasteiger partial charge in [0.15, 0.2) is 5.75 Å². The molecule has 0 saturated heterocycles. The number of carbonyl (C=O) groups excluding carboxylic acids is 1. The molecule has 1 heterocycles. The SMILES string of the molecule is COC(=O)c1ncc(O)c(OC(F)(F)F)c1[N+](=O)[O-]. The van der Waals surface area contributed by atoms with Crippen molar-refractivity contribution in [2.24, 2.45) is 0 Å². The molecular formula is C8H5F3N2O6. The minimum absolute atomic E-state index is 0.403. The van der Waals surface area contributed by atoms with E-state index in [9.17, 15) is 28.1 Å². The van der Waals surface area contributed by atoms with E-state index in [1.54, 1.807) is 0 Å². The molecule has 0 aliphatic rings. The number of hydrogen-bond donors (Lipinski definition) is 1. The average Bonchev–Trinajstić information content (AvgIpc) is 2.28. The summed E-state index contributed by atoms with van der Waals surface area (Å²) >= 11 is 0. The highest BCUT2D eigenvalue weighted by molar-refractivity contribution is 5.93. The van der Waals surface area contributed by atoms with Gasteiger partial charge >= 0.3 is 18.0 Å². The number of halogens is 3. The van der Waals surface area contributed by atoms with E-state index in [0.717, 1.165) is 7.11 Å². The predicted molar refractivity (Wildman–Crippen MR) is 50.6 cm³/mol. The number of pyridine rings is 1. The Morgan fingerprint density at radius 1 is 1.53 bits per heavy atom. The molecule has 0 atom stereocenters. The Morgan fingerprint density at radius 3 is 2.53 bits per heavy atom. The Labute approximate surface area is 102 Å². The van der Waals surface area contributed by atoms with Gasteiger partial charge in [0.2, 0.25) is 5.69 Å². The van der Waals surface area contributed by atoms with Crippen molar-refractivity contribution >= 4 is 11.7 Å². The normalized spacial score (nSPS) is 10.9. The van der Waals surface area contributed by atoms with Crippen LogP contribution >= 0.6 is 0 Å². The maximum absolute atomic E-state index is 12.1. The molecule has 0 bridgehead atoms. The molecule has 0 aliphatic carbocycles. The van der Waals surface area contributed by atoms with Crippen LogP contribution in [0, 0.1) is 10.1 Å². The van der Waals surface area contributed by atoms with Crippen LogP contribution in [0.5, 0.6) is 11.5 Å². The largest absolute Gasteiger partial charge is 0.573 e. The lowest BCUT2D eigenvalue weighted by atomic mass is 10.2. The number of ether oxygens (including phenoxy) is 2. The summed E-state index contributed by atoms with van der Waals surface area (Å²) in [5, 5.41) is 19.8. The highest BCUT2D eigenvalue weighted by Gasteiger charge is 2.39. The summed E-state index contributed by atoms with van der Waals surface area (Å²) in [6.07, 6.45) is -4.89. The Morgan fingerprint density at radius 2 is 2.11 bits per heavy atom. The number of hydrogen-bond acceptors (Lipinski definition) is 7. The molecule has 1 N–H and O–H groups in total. The predicted octanol–water partition coefficient (Wildman–Crippen LogP) is 1.38. The highest BCUT2D eigenvalue weighted by atomic mass is 19.4. The minimum atomic E-state index is -5.29. The third-order valence-electron chi connectivity index (χ3n) is 1.77. The Balaban J connectivity index is 3.51. The van der Waals surface area contributed by atoms with Crippen LogP contribution in [0.2, 0.25) is 0 Å². The number of aromatic hydroxyl groups is 1. The van der Waals surface area contributed by atoms with Gasteiger partial charge in [-0.1, -0.05) is 0 Å². The molecule has 0 aromatic carbocycles. The number of nitrogens with zero attached hydrogens (tertiary/aromatic N) is 2. The molecule has 0 aliphatic heterocycles. The maximum atomic E-state index is 12.1. The van der Waals surface area contributed by atoms with Gasteiger partial charge in [-0.15, -0.1) is 13.2 Å². The van der Waals surface area contributed by atoms with E-state index in [1.807, 2.05) is 0 Å². The summed E-state index contributed by atoms with van der Waals surface area (Å²) < 4.78 is 43.7. The second-order valence-corrected chi connectivity index (χ2v) is 2.97. The van der Waals surface area contributed by atoms with Crippen LogP contribution in [0.25, 0.3) is 0 Å². The lowest BCUT2D eigenvalue weighted by Crippen LogP contribution is -2.19. The standard InChI is InChI=1S/C8H5F3N2O6/c1-18-7(15)4-5(13(16)17)6(3(14)2-12-4)19-8(9,10)11/h2,14H,1H3. The zero-order valence-corrected chi connectivity index (χ0v) is 9.09. The molecule has 0 fully saturated rings. The van der Waals surface area contributed by atoms with Gasteiger partial charge in [-0.2, -0.15) is 0 Å². The maximum Gasteiger partial charge on any atom is 0.573 e. The molecule has 19 heavy (non-hydrogen) atoms. The van der Waals surface area contributed by atoms with Gasteiger partial charge in [0.1, 0.15) is 0 Å². The van der Waals surface area contributed by atoms with Crippen molar-refractivity contribution in [1.29, 1.82) is 0 Å². The van der Waals surface area contributed by atoms with E-state index < -0.39 is 40.1 Å². The quantitative estimate of drug-likeness (QED) is 0.506. The molecule has 0 spiro atoms. The fourth-order valence-electron chi connectivity index (χ4n) is 1.11. The molecule has 1 rings (SSSR count). The number of rotatable bonds is 3. The second kappa shape index (κ2) is 4.96. The van der Waals surface area contributed by atoms with Gasteiger partial charge < -0.3 is 14.6 Å². The van der Waals surface area contributed by atoms with Crippen molar-refractivity contribution in [2.75, 3.05) is 7.11 Å². The van der Waals surface area contributed by atoms with Crippen molar-refractivity contribution in [3.05, 3.63) is 22.0 Å². The molecule has 0 saturated carbocycles. The monoisotopic (exact) mass is 282 g/mol. The summed E-state index contributed by atoms with van der Waals surface area (Å²) in [5.41, 5.74) is -2.46.